The molecular weight excluding hydrogens is 449 g/mol. The van der Waals surface area contributed by atoms with E-state index in [0.29, 0.717) is 29.4 Å². The molecule has 1 aliphatic heterocycles. The van der Waals surface area contributed by atoms with E-state index in [1.807, 2.05) is 0 Å². The van der Waals surface area contributed by atoms with Crippen molar-refractivity contribution in [1.29, 1.82) is 0 Å². The molecule has 1 aliphatic rings. The summed E-state index contributed by atoms with van der Waals surface area (Å²) in [6.07, 6.45) is 0.100. The molecule has 1 saturated heterocycles. The minimum atomic E-state index is -1.07. The topological polar surface area (TPSA) is 108 Å². The molecule has 0 bridgehead atoms. The summed E-state index contributed by atoms with van der Waals surface area (Å²) in [6, 6.07) is 2.23. The van der Waals surface area contributed by atoms with Crippen molar-refractivity contribution < 1.29 is 28.6 Å². The molecule has 1 aromatic carbocycles. The highest BCUT2D eigenvalue weighted by atomic mass is 79.9. The number of amides is 2. The average molecular weight is 474 g/mol. The predicted octanol–water partition coefficient (Wildman–Crippen LogP) is 2.60. The standard InChI is InChI=1S/C19H25BrFN3O5/c1-19(2,3)29-18(28)22-15(9-11-7-12(20)10-13(21)8-11)16(25)24-6-4-5-14(23-24)17(26)27/h7-8,10,14-15,23H,4-6,9H2,1-3H3,(H,22,28)(H,26,27). The number of rotatable bonds is 5. The van der Waals surface area contributed by atoms with Crippen LogP contribution < -0.4 is 10.7 Å². The quantitative estimate of drug-likeness (QED) is 0.606. The van der Waals surface area contributed by atoms with E-state index in [-0.39, 0.29) is 6.42 Å². The molecule has 0 saturated carbocycles. The van der Waals surface area contributed by atoms with Crippen LogP contribution in [0.3, 0.4) is 0 Å². The minimum absolute atomic E-state index is 0.00432. The molecule has 2 unspecified atom stereocenters. The zero-order valence-electron chi connectivity index (χ0n) is 16.5. The molecule has 0 aliphatic carbocycles. The van der Waals surface area contributed by atoms with E-state index < -0.39 is 41.5 Å². The summed E-state index contributed by atoms with van der Waals surface area (Å²) < 4.78 is 19.5. The van der Waals surface area contributed by atoms with Crippen molar-refractivity contribution in [1.82, 2.24) is 15.8 Å². The van der Waals surface area contributed by atoms with E-state index in [9.17, 15) is 23.9 Å². The van der Waals surface area contributed by atoms with Crippen molar-refractivity contribution in [3.63, 3.8) is 0 Å². The number of ether oxygens (including phenoxy) is 1. The number of carbonyl (C=O) groups is 3. The van der Waals surface area contributed by atoms with Gasteiger partial charge in [-0.2, -0.15) is 0 Å². The summed E-state index contributed by atoms with van der Waals surface area (Å²) in [4.78, 5) is 36.5. The number of nitrogens with one attached hydrogen (secondary N) is 2. The number of nitrogens with zero attached hydrogens (tertiary/aromatic N) is 1. The number of hydrazine groups is 1. The fraction of sp³-hybridized carbons (Fsp3) is 0.526. The number of carboxylic acids is 1. The van der Waals surface area contributed by atoms with Crippen LogP contribution in [-0.2, 0) is 20.7 Å². The first-order chi connectivity index (χ1) is 13.4. The Balaban J connectivity index is 2.21. The molecule has 29 heavy (non-hydrogen) atoms. The molecule has 1 aromatic rings. The van der Waals surface area contributed by atoms with Crippen LogP contribution in [0.2, 0.25) is 0 Å². The third kappa shape index (κ3) is 7.28. The van der Waals surface area contributed by atoms with E-state index >= 15 is 0 Å². The first-order valence-corrected chi connectivity index (χ1v) is 9.99. The molecule has 2 rings (SSSR count). The summed E-state index contributed by atoms with van der Waals surface area (Å²) in [5.74, 6) is -2.07. The fourth-order valence-electron chi connectivity index (χ4n) is 2.93. The molecule has 8 nitrogen and oxygen atoms in total. The molecule has 1 heterocycles. The van der Waals surface area contributed by atoms with Crippen LogP contribution in [0.15, 0.2) is 22.7 Å². The maximum absolute atomic E-state index is 13.7. The molecule has 2 amide bonds. The van der Waals surface area contributed by atoms with Gasteiger partial charge in [0.2, 0.25) is 0 Å². The van der Waals surface area contributed by atoms with Gasteiger partial charge in [-0.3, -0.25) is 14.6 Å². The maximum atomic E-state index is 13.7. The Morgan fingerprint density at radius 2 is 2.07 bits per heavy atom. The Morgan fingerprint density at radius 1 is 1.38 bits per heavy atom. The normalized spacial score (nSPS) is 18.1. The van der Waals surface area contributed by atoms with Gasteiger partial charge < -0.3 is 15.2 Å². The van der Waals surface area contributed by atoms with Crippen LogP contribution in [0.25, 0.3) is 0 Å². The zero-order valence-corrected chi connectivity index (χ0v) is 18.1. The summed E-state index contributed by atoms with van der Waals surface area (Å²) in [7, 11) is 0. The number of halogens is 2. The van der Waals surface area contributed by atoms with Crippen LogP contribution in [0.4, 0.5) is 9.18 Å². The SMILES string of the molecule is CC(C)(C)OC(=O)NC(Cc1cc(F)cc(Br)c1)C(=O)N1CCCC(C(=O)O)N1. The molecule has 1 fully saturated rings. The third-order valence-electron chi connectivity index (χ3n) is 4.10. The molecule has 0 radical (unpaired) electrons. The number of hydrogen-bond donors (Lipinski definition) is 3. The van der Waals surface area contributed by atoms with Gasteiger partial charge in [0.15, 0.2) is 0 Å². The van der Waals surface area contributed by atoms with E-state index in [0.717, 1.165) is 0 Å². The third-order valence-corrected chi connectivity index (χ3v) is 4.56. The van der Waals surface area contributed by atoms with Crippen LogP contribution in [0, 0.1) is 5.82 Å². The number of carboxylic acid groups (broad SMARTS) is 1. The summed E-state index contributed by atoms with van der Waals surface area (Å²) in [6.45, 7) is 5.37. The minimum Gasteiger partial charge on any atom is -0.480 e. The Bertz CT molecular complexity index is 763. The monoisotopic (exact) mass is 473 g/mol. The number of hydrogen-bond acceptors (Lipinski definition) is 5. The lowest BCUT2D eigenvalue weighted by Gasteiger charge is -2.34. The number of alkyl carbamates (subject to hydrolysis) is 1. The second-order valence-electron chi connectivity index (χ2n) is 7.83. The zero-order chi connectivity index (χ0) is 21.8. The van der Waals surface area contributed by atoms with E-state index in [1.54, 1.807) is 26.8 Å². The Morgan fingerprint density at radius 3 is 2.66 bits per heavy atom. The van der Waals surface area contributed by atoms with E-state index in [2.05, 4.69) is 26.7 Å². The van der Waals surface area contributed by atoms with Gasteiger partial charge in [0, 0.05) is 17.4 Å². The molecular formula is C19H25BrFN3O5. The van der Waals surface area contributed by atoms with Gasteiger partial charge >= 0.3 is 12.1 Å². The summed E-state index contributed by atoms with van der Waals surface area (Å²) >= 11 is 3.21. The van der Waals surface area contributed by atoms with Crippen molar-refractivity contribution in [3.05, 3.63) is 34.1 Å². The second-order valence-corrected chi connectivity index (χ2v) is 8.75. The highest BCUT2D eigenvalue weighted by Crippen LogP contribution is 2.18. The van der Waals surface area contributed by atoms with E-state index in [4.69, 9.17) is 4.74 Å². The Hall–Kier alpha value is -2.20. The van der Waals surface area contributed by atoms with Gasteiger partial charge in [0.1, 0.15) is 23.5 Å². The number of carbonyl (C=O) groups excluding carboxylic acids is 2. The van der Waals surface area contributed by atoms with Gasteiger partial charge in [-0.05, 0) is 57.4 Å². The van der Waals surface area contributed by atoms with Crippen LogP contribution >= 0.6 is 15.9 Å². The van der Waals surface area contributed by atoms with Crippen LogP contribution in [-0.4, -0.2) is 52.3 Å². The van der Waals surface area contributed by atoms with Crippen molar-refractivity contribution >= 4 is 33.9 Å². The summed E-state index contributed by atoms with van der Waals surface area (Å²) in [5.41, 5.74) is 2.39. The Kier molecular flexibility index (Phi) is 7.59. The predicted molar refractivity (Wildman–Crippen MR) is 106 cm³/mol. The fourth-order valence-corrected chi connectivity index (χ4v) is 3.44. The van der Waals surface area contributed by atoms with Crippen LogP contribution in [0.1, 0.15) is 39.2 Å². The summed E-state index contributed by atoms with van der Waals surface area (Å²) in [5, 5.41) is 12.9. The molecule has 10 heteroatoms. The second kappa shape index (κ2) is 9.53. The number of benzene rings is 1. The lowest BCUT2D eigenvalue weighted by atomic mass is 10.0. The lowest BCUT2D eigenvalue weighted by Crippen LogP contribution is -2.60. The first-order valence-electron chi connectivity index (χ1n) is 9.19. The van der Waals surface area contributed by atoms with E-state index in [1.165, 1.54) is 17.1 Å². The smallest absolute Gasteiger partial charge is 0.408 e. The molecule has 160 valence electrons. The lowest BCUT2D eigenvalue weighted by molar-refractivity contribution is -0.147. The largest absolute Gasteiger partial charge is 0.480 e. The molecule has 0 aromatic heterocycles. The van der Waals surface area contributed by atoms with Crippen molar-refractivity contribution in [3.8, 4) is 0 Å². The highest BCUT2D eigenvalue weighted by Gasteiger charge is 2.33. The Labute approximate surface area is 176 Å². The maximum Gasteiger partial charge on any atom is 0.408 e. The van der Waals surface area contributed by atoms with Gasteiger partial charge in [0.05, 0.1) is 0 Å². The van der Waals surface area contributed by atoms with Crippen molar-refractivity contribution in [2.45, 2.75) is 57.7 Å². The van der Waals surface area contributed by atoms with Gasteiger partial charge in [-0.25, -0.2) is 14.6 Å². The molecule has 0 spiro atoms. The average Bonchev–Trinajstić information content (AvgIpc) is 2.58. The van der Waals surface area contributed by atoms with Gasteiger partial charge in [0.25, 0.3) is 5.91 Å². The van der Waals surface area contributed by atoms with Crippen molar-refractivity contribution in [2.75, 3.05) is 6.54 Å². The first kappa shape index (κ1) is 23.1. The van der Waals surface area contributed by atoms with Gasteiger partial charge in [-0.1, -0.05) is 15.9 Å². The van der Waals surface area contributed by atoms with Crippen LogP contribution in [0.5, 0.6) is 0 Å². The van der Waals surface area contributed by atoms with Gasteiger partial charge in [-0.15, -0.1) is 0 Å². The van der Waals surface area contributed by atoms with Crippen molar-refractivity contribution in [2.24, 2.45) is 0 Å². The molecule has 2 atom stereocenters. The molecule has 3 N–H and O–H groups in total. The highest BCUT2D eigenvalue weighted by molar-refractivity contribution is 9.10. The number of aliphatic carboxylic acids is 1.